The van der Waals surface area contributed by atoms with Gasteiger partial charge in [0.2, 0.25) is 11.9 Å². The number of carbonyl (C=O) groups is 1. The van der Waals surface area contributed by atoms with Gasteiger partial charge in [-0.1, -0.05) is 30.3 Å². The lowest BCUT2D eigenvalue weighted by Gasteiger charge is -2.02. The van der Waals surface area contributed by atoms with Crippen LogP contribution >= 0.6 is 11.8 Å². The smallest absolute Gasteiger partial charge is 0.227 e. The van der Waals surface area contributed by atoms with E-state index in [4.69, 9.17) is 0 Å². The first-order chi connectivity index (χ1) is 10.3. The van der Waals surface area contributed by atoms with E-state index >= 15 is 0 Å². The second-order valence-corrected chi connectivity index (χ2v) is 5.73. The number of rotatable bonds is 5. The van der Waals surface area contributed by atoms with E-state index in [1.54, 1.807) is 11.8 Å². The van der Waals surface area contributed by atoms with Crippen LogP contribution in [-0.2, 0) is 4.79 Å². The first-order valence-corrected chi connectivity index (χ1v) is 7.72. The van der Waals surface area contributed by atoms with Gasteiger partial charge < -0.3 is 4.98 Å². The highest BCUT2D eigenvalue weighted by Crippen LogP contribution is 2.18. The number of benzene rings is 2. The summed E-state index contributed by atoms with van der Waals surface area (Å²) in [4.78, 5) is 20.5. The molecule has 0 spiro atoms. The molecule has 106 valence electrons. The molecule has 0 fully saturated rings. The molecule has 0 saturated heterocycles. The van der Waals surface area contributed by atoms with Gasteiger partial charge in [0.15, 0.2) is 0 Å². The molecule has 21 heavy (non-hydrogen) atoms. The number of carbonyl (C=O) groups excluding carboxylic acids is 1. The SMILES string of the molecule is O=C(CCSc1ccccc1)Nc1nc2ccccc2[nH]1. The highest BCUT2D eigenvalue weighted by molar-refractivity contribution is 7.99. The summed E-state index contributed by atoms with van der Waals surface area (Å²) in [6.45, 7) is 0. The van der Waals surface area contributed by atoms with Crippen molar-refractivity contribution in [1.82, 2.24) is 9.97 Å². The van der Waals surface area contributed by atoms with E-state index in [9.17, 15) is 4.79 Å². The van der Waals surface area contributed by atoms with Crippen LogP contribution < -0.4 is 5.32 Å². The zero-order chi connectivity index (χ0) is 14.5. The van der Waals surface area contributed by atoms with Crippen molar-refractivity contribution in [1.29, 1.82) is 0 Å². The van der Waals surface area contributed by atoms with Gasteiger partial charge in [-0.2, -0.15) is 0 Å². The van der Waals surface area contributed by atoms with E-state index in [-0.39, 0.29) is 5.91 Å². The van der Waals surface area contributed by atoms with Gasteiger partial charge in [-0.25, -0.2) is 4.98 Å². The molecule has 5 heteroatoms. The zero-order valence-corrected chi connectivity index (χ0v) is 12.2. The summed E-state index contributed by atoms with van der Waals surface area (Å²) in [6.07, 6.45) is 0.455. The lowest BCUT2D eigenvalue weighted by atomic mass is 10.3. The molecule has 0 aliphatic rings. The van der Waals surface area contributed by atoms with Crippen LogP contribution in [0, 0.1) is 0 Å². The van der Waals surface area contributed by atoms with E-state index in [0.29, 0.717) is 12.4 Å². The summed E-state index contributed by atoms with van der Waals surface area (Å²) in [5, 5.41) is 2.80. The van der Waals surface area contributed by atoms with Gasteiger partial charge in [-0.3, -0.25) is 10.1 Å². The maximum absolute atomic E-state index is 11.9. The van der Waals surface area contributed by atoms with Crippen LogP contribution in [0.1, 0.15) is 6.42 Å². The number of amides is 1. The Kier molecular flexibility index (Phi) is 4.21. The Morgan fingerprint density at radius 2 is 1.86 bits per heavy atom. The molecular formula is C16H15N3OS. The number of imidazole rings is 1. The summed E-state index contributed by atoms with van der Waals surface area (Å²) in [6, 6.07) is 17.8. The molecule has 2 aromatic carbocycles. The topological polar surface area (TPSA) is 57.8 Å². The minimum Gasteiger partial charge on any atom is -0.324 e. The molecule has 1 heterocycles. The van der Waals surface area contributed by atoms with Crippen LogP contribution in [0.25, 0.3) is 11.0 Å². The molecule has 0 aliphatic heterocycles. The molecule has 0 unspecified atom stereocenters. The van der Waals surface area contributed by atoms with Crippen LogP contribution in [0.4, 0.5) is 5.95 Å². The Balaban J connectivity index is 1.52. The normalized spacial score (nSPS) is 10.7. The fourth-order valence-corrected chi connectivity index (χ4v) is 2.86. The number of hydrogen-bond acceptors (Lipinski definition) is 3. The third-order valence-corrected chi connectivity index (χ3v) is 4.00. The second-order valence-electron chi connectivity index (χ2n) is 4.56. The molecule has 0 radical (unpaired) electrons. The number of aromatic amines is 1. The largest absolute Gasteiger partial charge is 0.324 e. The lowest BCUT2D eigenvalue weighted by molar-refractivity contribution is -0.115. The molecule has 3 aromatic rings. The molecular weight excluding hydrogens is 282 g/mol. The number of H-pyrrole nitrogens is 1. The van der Waals surface area contributed by atoms with Crippen LogP contribution in [-0.4, -0.2) is 21.6 Å². The molecule has 1 aromatic heterocycles. The molecule has 0 bridgehead atoms. The van der Waals surface area contributed by atoms with Gasteiger partial charge in [-0.15, -0.1) is 11.8 Å². The third-order valence-electron chi connectivity index (χ3n) is 2.99. The van der Waals surface area contributed by atoms with Crippen molar-refractivity contribution in [2.24, 2.45) is 0 Å². The molecule has 4 nitrogen and oxygen atoms in total. The van der Waals surface area contributed by atoms with Crippen molar-refractivity contribution in [2.45, 2.75) is 11.3 Å². The molecule has 1 amide bonds. The summed E-state index contributed by atoms with van der Waals surface area (Å²) >= 11 is 1.67. The van der Waals surface area contributed by atoms with Crippen LogP contribution in [0.15, 0.2) is 59.5 Å². The molecule has 0 aliphatic carbocycles. The maximum Gasteiger partial charge on any atom is 0.227 e. The van der Waals surface area contributed by atoms with Crippen molar-refractivity contribution in [3.63, 3.8) is 0 Å². The summed E-state index contributed by atoms with van der Waals surface area (Å²) in [7, 11) is 0. The maximum atomic E-state index is 11.9. The molecule has 2 N–H and O–H groups in total. The predicted octanol–water partition coefficient (Wildman–Crippen LogP) is 3.68. The van der Waals surface area contributed by atoms with Gasteiger partial charge in [0, 0.05) is 17.1 Å². The zero-order valence-electron chi connectivity index (χ0n) is 11.4. The van der Waals surface area contributed by atoms with Gasteiger partial charge in [0.25, 0.3) is 0 Å². The monoisotopic (exact) mass is 297 g/mol. The predicted molar refractivity (Wildman–Crippen MR) is 86.5 cm³/mol. The first-order valence-electron chi connectivity index (χ1n) is 6.74. The number of hydrogen-bond donors (Lipinski definition) is 2. The highest BCUT2D eigenvalue weighted by Gasteiger charge is 2.06. The molecule has 3 rings (SSSR count). The highest BCUT2D eigenvalue weighted by atomic mass is 32.2. The Bertz CT molecular complexity index is 706. The lowest BCUT2D eigenvalue weighted by Crippen LogP contribution is -2.13. The minimum absolute atomic E-state index is 0.0301. The van der Waals surface area contributed by atoms with Gasteiger partial charge in [0.1, 0.15) is 0 Å². The van der Waals surface area contributed by atoms with Crippen molar-refractivity contribution < 1.29 is 4.79 Å². The summed E-state index contributed by atoms with van der Waals surface area (Å²) in [5.41, 5.74) is 1.78. The Morgan fingerprint density at radius 1 is 1.10 bits per heavy atom. The average Bonchev–Trinajstić information content (AvgIpc) is 2.90. The van der Waals surface area contributed by atoms with Crippen molar-refractivity contribution in [2.75, 3.05) is 11.1 Å². The second kappa shape index (κ2) is 6.45. The minimum atomic E-state index is -0.0301. The Morgan fingerprint density at radius 3 is 2.67 bits per heavy atom. The van der Waals surface area contributed by atoms with Crippen molar-refractivity contribution in [3.8, 4) is 0 Å². The van der Waals surface area contributed by atoms with Gasteiger partial charge >= 0.3 is 0 Å². The summed E-state index contributed by atoms with van der Waals surface area (Å²) < 4.78 is 0. The van der Waals surface area contributed by atoms with Crippen LogP contribution in [0.3, 0.4) is 0 Å². The Hall–Kier alpha value is -2.27. The average molecular weight is 297 g/mol. The van der Waals surface area contributed by atoms with Crippen molar-refractivity contribution in [3.05, 3.63) is 54.6 Å². The number of nitrogens with zero attached hydrogens (tertiary/aromatic N) is 1. The molecule has 0 saturated carbocycles. The quantitative estimate of drug-likeness (QED) is 0.706. The molecule has 0 atom stereocenters. The van der Waals surface area contributed by atoms with E-state index < -0.39 is 0 Å². The first kappa shape index (κ1) is 13.7. The van der Waals surface area contributed by atoms with E-state index in [1.165, 1.54) is 4.90 Å². The standard InChI is InChI=1S/C16H15N3OS/c20-15(10-11-21-12-6-2-1-3-7-12)19-16-17-13-8-4-5-9-14(13)18-16/h1-9H,10-11H2,(H2,17,18,19,20). The number of para-hydroxylation sites is 2. The van der Waals surface area contributed by atoms with E-state index in [1.807, 2.05) is 54.6 Å². The van der Waals surface area contributed by atoms with E-state index in [2.05, 4.69) is 15.3 Å². The van der Waals surface area contributed by atoms with E-state index in [0.717, 1.165) is 16.8 Å². The number of nitrogens with one attached hydrogen (secondary N) is 2. The summed E-state index contributed by atoms with van der Waals surface area (Å²) in [5.74, 6) is 1.22. The number of anilines is 1. The van der Waals surface area contributed by atoms with Crippen molar-refractivity contribution >= 4 is 34.7 Å². The number of fused-ring (bicyclic) bond motifs is 1. The number of thioether (sulfide) groups is 1. The van der Waals surface area contributed by atoms with Crippen LogP contribution in [0.2, 0.25) is 0 Å². The Labute approximate surface area is 127 Å². The fraction of sp³-hybridized carbons (Fsp3) is 0.125. The van der Waals surface area contributed by atoms with Gasteiger partial charge in [-0.05, 0) is 24.3 Å². The third kappa shape index (κ3) is 3.64. The van der Waals surface area contributed by atoms with Gasteiger partial charge in [0.05, 0.1) is 11.0 Å². The van der Waals surface area contributed by atoms with Crippen LogP contribution in [0.5, 0.6) is 0 Å². The fourth-order valence-electron chi connectivity index (χ4n) is 1.98. The number of aromatic nitrogens is 2.